The average Bonchev–Trinajstić information content (AvgIpc) is 3.77. The van der Waals surface area contributed by atoms with E-state index in [9.17, 15) is 0 Å². The second kappa shape index (κ2) is 19.0. The fraction of sp³-hybridized carbons (Fsp3) is 0.0423. The lowest BCUT2D eigenvalue weighted by Gasteiger charge is -2.30. The summed E-state index contributed by atoms with van der Waals surface area (Å²) in [6.07, 6.45) is 0. The highest BCUT2D eigenvalue weighted by atomic mass is 15.2. The van der Waals surface area contributed by atoms with Gasteiger partial charge in [-0.3, -0.25) is 0 Å². The summed E-state index contributed by atoms with van der Waals surface area (Å²) in [7, 11) is 0. The van der Waals surface area contributed by atoms with Crippen LogP contribution in [0.15, 0.2) is 279 Å². The minimum absolute atomic E-state index is 0.299. The predicted molar refractivity (Wildman–Crippen MR) is 315 cm³/mol. The molecule has 13 rings (SSSR count). The van der Waals surface area contributed by atoms with E-state index in [1.807, 2.05) is 6.07 Å². The van der Waals surface area contributed by atoms with Gasteiger partial charge < -0.3 is 19.6 Å². The molecule has 0 spiro atoms. The smallest absolute Gasteiger partial charge is 0.0624 e. The molecule has 0 saturated carbocycles. The van der Waals surface area contributed by atoms with Crippen LogP contribution in [0.5, 0.6) is 0 Å². The first-order chi connectivity index (χ1) is 37.0. The number of para-hydroxylation sites is 4. The van der Waals surface area contributed by atoms with E-state index in [2.05, 4.69) is 319 Å². The molecule has 1 aliphatic carbocycles. The average molecular weight is 961 g/mol. The summed E-state index contributed by atoms with van der Waals surface area (Å²) in [6.45, 7) is 4.75. The van der Waals surface area contributed by atoms with Crippen molar-refractivity contribution in [2.24, 2.45) is 0 Å². The van der Waals surface area contributed by atoms with Gasteiger partial charge in [0.15, 0.2) is 0 Å². The van der Waals surface area contributed by atoms with Crippen LogP contribution in [0.1, 0.15) is 25.0 Å². The summed E-state index contributed by atoms with van der Waals surface area (Å²) in [5.41, 5.74) is 17.9. The Morgan fingerprint density at radius 3 is 1.15 bits per heavy atom. The Labute approximate surface area is 439 Å². The summed E-state index contributed by atoms with van der Waals surface area (Å²) >= 11 is 0. The lowest BCUT2D eigenvalue weighted by atomic mass is 9.82. The molecule has 75 heavy (non-hydrogen) atoms. The molecule has 4 nitrogen and oxygen atoms in total. The topological polar surface area (TPSA) is 13.0 Å². The summed E-state index contributed by atoms with van der Waals surface area (Å²) in [4.78, 5) is 9.44. The molecule has 0 N–H and O–H groups in total. The Kier molecular flexibility index (Phi) is 11.4. The maximum absolute atomic E-state index is 3.41. The van der Waals surface area contributed by atoms with E-state index in [1.165, 1.54) is 33.0 Å². The van der Waals surface area contributed by atoms with Crippen molar-refractivity contribution >= 4 is 89.8 Å². The molecule has 0 aliphatic heterocycles. The minimum Gasteiger partial charge on any atom is -0.310 e. The second-order valence-electron chi connectivity index (χ2n) is 19.6. The number of anilines is 12. The molecule has 0 amide bonds. The van der Waals surface area contributed by atoms with Crippen molar-refractivity contribution in [3.05, 3.63) is 302 Å². The Hall–Kier alpha value is -9.82. The van der Waals surface area contributed by atoms with Crippen molar-refractivity contribution in [2.75, 3.05) is 19.6 Å². The summed E-state index contributed by atoms with van der Waals surface area (Å²) in [5, 5.41) is 4.57. The van der Waals surface area contributed by atoms with Gasteiger partial charge in [-0.1, -0.05) is 159 Å². The third-order valence-electron chi connectivity index (χ3n) is 14.8. The molecule has 0 saturated heterocycles. The van der Waals surface area contributed by atoms with Crippen LogP contribution < -0.4 is 19.6 Å². The van der Waals surface area contributed by atoms with Crippen LogP contribution in [0.3, 0.4) is 0 Å². The summed E-state index contributed by atoms with van der Waals surface area (Å²) < 4.78 is 0. The third-order valence-corrected chi connectivity index (χ3v) is 14.8. The maximum atomic E-state index is 3.41. The Bertz CT molecular complexity index is 3700. The SMILES string of the molecule is CC1(C)c2cc(N(c3ccccc3)c3ccc(N(c4ccccc4)c4cccc5ccc#cc45)cc3)ccc2-c2ccc(N(c3ccccc3)c3ccc(N(c4ccccc4)c4cccc5ccccc45)cc3)cc21. The Morgan fingerprint density at radius 1 is 0.293 bits per heavy atom. The van der Waals surface area contributed by atoms with E-state index in [0.29, 0.717) is 0 Å². The number of hydrogen-bond donors (Lipinski definition) is 0. The highest BCUT2D eigenvalue weighted by molar-refractivity contribution is 6.00. The van der Waals surface area contributed by atoms with Crippen LogP contribution in [0.4, 0.5) is 68.2 Å². The molecule has 356 valence electrons. The molecular formula is C71H52N4. The zero-order chi connectivity index (χ0) is 50.3. The minimum atomic E-state index is -0.299. The lowest BCUT2D eigenvalue weighted by molar-refractivity contribution is 0.660. The molecule has 0 fully saturated rings. The van der Waals surface area contributed by atoms with Crippen LogP contribution >= 0.6 is 0 Å². The third kappa shape index (κ3) is 8.18. The molecule has 0 aromatic heterocycles. The summed E-state index contributed by atoms with van der Waals surface area (Å²) in [6, 6.07) is 107. The lowest BCUT2D eigenvalue weighted by Crippen LogP contribution is -2.18. The van der Waals surface area contributed by atoms with E-state index < -0.39 is 0 Å². The van der Waals surface area contributed by atoms with Gasteiger partial charge >= 0.3 is 0 Å². The van der Waals surface area contributed by atoms with Gasteiger partial charge in [0.25, 0.3) is 0 Å². The Morgan fingerprint density at radius 2 is 0.653 bits per heavy atom. The first-order valence-electron chi connectivity index (χ1n) is 25.7. The molecule has 0 heterocycles. The molecule has 4 heteroatoms. The van der Waals surface area contributed by atoms with Crippen molar-refractivity contribution in [3.63, 3.8) is 0 Å². The zero-order valence-corrected chi connectivity index (χ0v) is 41.8. The summed E-state index contributed by atoms with van der Waals surface area (Å²) in [5.74, 6) is 0. The van der Waals surface area contributed by atoms with E-state index in [0.717, 1.165) is 79.0 Å². The molecule has 0 atom stereocenters. The number of benzene rings is 11. The van der Waals surface area contributed by atoms with Crippen molar-refractivity contribution in [1.82, 2.24) is 0 Å². The van der Waals surface area contributed by atoms with E-state index in [1.54, 1.807) is 0 Å². The van der Waals surface area contributed by atoms with Gasteiger partial charge in [0.1, 0.15) is 0 Å². The predicted octanol–water partition coefficient (Wildman–Crippen LogP) is 19.8. The van der Waals surface area contributed by atoms with E-state index in [4.69, 9.17) is 0 Å². The molecule has 0 unspecified atom stereocenters. The monoisotopic (exact) mass is 960 g/mol. The van der Waals surface area contributed by atoms with Gasteiger partial charge in [0.2, 0.25) is 0 Å². The van der Waals surface area contributed by atoms with Crippen molar-refractivity contribution < 1.29 is 0 Å². The Balaban J connectivity index is 0.858. The van der Waals surface area contributed by atoms with Crippen molar-refractivity contribution in [1.29, 1.82) is 0 Å². The highest BCUT2D eigenvalue weighted by Crippen LogP contribution is 2.53. The van der Waals surface area contributed by atoms with Crippen molar-refractivity contribution in [3.8, 4) is 11.1 Å². The van der Waals surface area contributed by atoms with Crippen LogP contribution in [-0.2, 0) is 5.41 Å². The van der Waals surface area contributed by atoms with Crippen LogP contribution in [0, 0.1) is 12.1 Å². The molecule has 12 aromatic carbocycles. The van der Waals surface area contributed by atoms with E-state index in [-0.39, 0.29) is 5.41 Å². The molecule has 12 aromatic rings. The standard InChI is InChI=1S/C71H52N4/c1-71(2)67-49-61(72(53-25-7-3-8-26-53)57-37-41-59(42-38-57)74(55-29-11-5-12-30-55)69-35-19-23-51-21-15-17-33-63(51)69)45-47-65(67)66-48-46-62(50-68(66)71)73(54-27-9-4-10-28-54)58-39-43-60(44-40-58)75(56-31-13-6-14-32-56)70-36-20-24-52-22-16-18-34-64(52)70/h3-17,19-33,35-50H,1-2H3. The molecular weight excluding hydrogens is 909 g/mol. The number of hydrogen-bond acceptors (Lipinski definition) is 4. The van der Waals surface area contributed by atoms with Gasteiger partial charge in [-0.2, -0.15) is 0 Å². The second-order valence-corrected chi connectivity index (χ2v) is 19.6. The van der Waals surface area contributed by atoms with Crippen LogP contribution in [0.2, 0.25) is 0 Å². The fourth-order valence-electron chi connectivity index (χ4n) is 11.2. The largest absolute Gasteiger partial charge is 0.310 e. The van der Waals surface area contributed by atoms with Gasteiger partial charge in [0, 0.05) is 67.7 Å². The first-order valence-corrected chi connectivity index (χ1v) is 25.7. The fourth-order valence-corrected chi connectivity index (χ4v) is 11.2. The van der Waals surface area contributed by atoms with Crippen LogP contribution in [-0.4, -0.2) is 0 Å². The maximum Gasteiger partial charge on any atom is 0.0624 e. The van der Waals surface area contributed by atoms with E-state index >= 15 is 0 Å². The van der Waals surface area contributed by atoms with Gasteiger partial charge in [-0.05, 0) is 179 Å². The molecule has 0 radical (unpaired) electrons. The normalized spacial score (nSPS) is 12.1. The highest BCUT2D eigenvalue weighted by Gasteiger charge is 2.37. The quantitative estimate of drug-likeness (QED) is 0.121. The first kappa shape index (κ1) is 45.1. The van der Waals surface area contributed by atoms with Gasteiger partial charge in [-0.15, -0.1) is 0 Å². The van der Waals surface area contributed by atoms with Gasteiger partial charge in [-0.25, -0.2) is 0 Å². The van der Waals surface area contributed by atoms with Crippen LogP contribution in [0.25, 0.3) is 32.7 Å². The number of fused-ring (bicyclic) bond motifs is 5. The van der Waals surface area contributed by atoms with Gasteiger partial charge in [0.05, 0.1) is 16.8 Å². The van der Waals surface area contributed by atoms with Crippen molar-refractivity contribution in [2.45, 2.75) is 19.3 Å². The molecule has 1 aliphatic rings. The number of nitrogens with zero attached hydrogens (tertiary/aromatic N) is 4. The number of rotatable bonds is 12. The zero-order valence-electron chi connectivity index (χ0n) is 41.8. The molecule has 0 bridgehead atoms.